The number of hydrogen-bond donors (Lipinski definition) is 1. The van der Waals surface area contributed by atoms with Crippen LogP contribution in [-0.4, -0.2) is 22.6 Å². The number of aromatic amines is 1. The number of unbranched alkanes of at least 4 members (excludes halogenated alkanes) is 1. The first-order chi connectivity index (χ1) is 11.3. The van der Waals surface area contributed by atoms with Crippen molar-refractivity contribution in [2.45, 2.75) is 37.8 Å². The van der Waals surface area contributed by atoms with Gasteiger partial charge in [0.2, 0.25) is 6.54 Å². The molecule has 1 atom stereocenters. The number of rotatable bonds is 7. The number of alkyl halides is 3. The van der Waals surface area contributed by atoms with Crippen LogP contribution < -0.4 is 0 Å². The Hall–Kier alpha value is -2.31. The number of H-pyrrole nitrogens is 1. The minimum atomic E-state index is -4.81. The summed E-state index contributed by atoms with van der Waals surface area (Å²) in [5, 5.41) is 11.1. The van der Waals surface area contributed by atoms with Gasteiger partial charge in [-0.2, -0.15) is 13.2 Å². The highest BCUT2D eigenvalue weighted by Crippen LogP contribution is 2.46. The van der Waals surface area contributed by atoms with Gasteiger partial charge >= 0.3 is 6.18 Å². The fraction of sp³-hybridized carbons (Fsp3) is 0.412. The summed E-state index contributed by atoms with van der Waals surface area (Å²) in [7, 11) is 0. The molecule has 24 heavy (non-hydrogen) atoms. The lowest BCUT2D eigenvalue weighted by atomic mass is 9.76. The van der Waals surface area contributed by atoms with Crippen LogP contribution in [0.2, 0.25) is 0 Å². The monoisotopic (exact) mass is 340 g/mol. The molecule has 0 saturated carbocycles. The number of hydrogen-bond acceptors (Lipinski definition) is 2. The summed E-state index contributed by atoms with van der Waals surface area (Å²) < 4.78 is 42.1. The van der Waals surface area contributed by atoms with Crippen molar-refractivity contribution in [1.29, 1.82) is 0 Å². The van der Waals surface area contributed by atoms with E-state index in [2.05, 4.69) is 4.98 Å². The van der Waals surface area contributed by atoms with Crippen molar-refractivity contribution < 1.29 is 18.1 Å². The molecule has 0 saturated heterocycles. The Kier molecular flexibility index (Phi) is 5.31. The lowest BCUT2D eigenvalue weighted by Crippen LogP contribution is -2.49. The number of nitrogens with zero attached hydrogens (tertiary/aromatic N) is 1. The average Bonchev–Trinajstić information content (AvgIpc) is 2.99. The second-order valence-corrected chi connectivity index (χ2v) is 5.76. The molecule has 0 aliphatic carbocycles. The summed E-state index contributed by atoms with van der Waals surface area (Å²) in [5.74, 6) is 0. The fourth-order valence-electron chi connectivity index (χ4n) is 2.86. The zero-order chi connectivity index (χ0) is 17.8. The van der Waals surface area contributed by atoms with Gasteiger partial charge in [0.15, 0.2) is 5.41 Å². The Labute approximate surface area is 137 Å². The highest BCUT2D eigenvalue weighted by atomic mass is 19.4. The molecule has 1 N–H and O–H groups in total. The van der Waals surface area contributed by atoms with Gasteiger partial charge in [0, 0.05) is 16.3 Å². The molecule has 1 heterocycles. The fourth-order valence-corrected chi connectivity index (χ4v) is 2.86. The van der Waals surface area contributed by atoms with E-state index in [1.54, 1.807) is 12.1 Å². The molecular formula is C17H19F3N2O2. The van der Waals surface area contributed by atoms with Crippen molar-refractivity contribution in [3.05, 3.63) is 69.5 Å². The summed E-state index contributed by atoms with van der Waals surface area (Å²) >= 11 is 0. The van der Waals surface area contributed by atoms with Gasteiger partial charge in [0.1, 0.15) is 0 Å². The van der Waals surface area contributed by atoms with Crippen LogP contribution in [-0.2, 0) is 11.8 Å². The normalized spacial score (nSPS) is 14.3. The van der Waals surface area contributed by atoms with E-state index < -0.39 is 23.1 Å². The molecular weight excluding hydrogens is 321 g/mol. The molecule has 130 valence electrons. The van der Waals surface area contributed by atoms with Gasteiger partial charge in [0.25, 0.3) is 0 Å². The molecule has 1 aromatic heterocycles. The standard InChI is InChI=1S/C17H19F3N2O2/c1-2-3-9-14-10-11-15(21-14)16(12-22(23)24,17(18,19)20)13-7-5-4-6-8-13/h4-8,10-11,21H,2-3,9,12H2,1H3/t16-/m0/s1. The van der Waals surface area contributed by atoms with Crippen LogP contribution in [0.15, 0.2) is 42.5 Å². The topological polar surface area (TPSA) is 58.9 Å². The number of nitro groups is 1. The Balaban J connectivity index is 2.61. The average molecular weight is 340 g/mol. The number of aryl methyl sites for hydroxylation is 1. The molecule has 4 nitrogen and oxygen atoms in total. The van der Waals surface area contributed by atoms with Gasteiger partial charge in [-0.25, -0.2) is 0 Å². The Morgan fingerprint density at radius 2 is 1.79 bits per heavy atom. The van der Waals surface area contributed by atoms with Gasteiger partial charge in [-0.3, -0.25) is 10.1 Å². The Bertz CT molecular complexity index is 683. The van der Waals surface area contributed by atoms with E-state index in [4.69, 9.17) is 0 Å². The maximum Gasteiger partial charge on any atom is 0.410 e. The van der Waals surface area contributed by atoms with Crippen LogP contribution in [0.1, 0.15) is 36.7 Å². The van der Waals surface area contributed by atoms with E-state index in [0.29, 0.717) is 12.1 Å². The second kappa shape index (κ2) is 7.07. The lowest BCUT2D eigenvalue weighted by molar-refractivity contribution is -0.498. The van der Waals surface area contributed by atoms with Crippen molar-refractivity contribution in [1.82, 2.24) is 4.98 Å². The summed E-state index contributed by atoms with van der Waals surface area (Å²) in [6, 6.07) is 9.95. The van der Waals surface area contributed by atoms with Crippen LogP contribution in [0.3, 0.4) is 0 Å². The van der Waals surface area contributed by atoms with Gasteiger partial charge in [-0.1, -0.05) is 43.7 Å². The number of aromatic nitrogens is 1. The quantitative estimate of drug-likeness (QED) is 0.597. The lowest BCUT2D eigenvalue weighted by Gasteiger charge is -2.32. The van der Waals surface area contributed by atoms with Crippen LogP contribution in [0.5, 0.6) is 0 Å². The molecule has 0 fully saturated rings. The largest absolute Gasteiger partial charge is 0.410 e. The highest BCUT2D eigenvalue weighted by Gasteiger charge is 2.61. The third-order valence-corrected chi connectivity index (χ3v) is 4.12. The van der Waals surface area contributed by atoms with Crippen LogP contribution in [0.25, 0.3) is 0 Å². The molecule has 0 spiro atoms. The third kappa shape index (κ3) is 3.44. The third-order valence-electron chi connectivity index (χ3n) is 4.12. The first kappa shape index (κ1) is 18.0. The van der Waals surface area contributed by atoms with Crippen LogP contribution in [0.4, 0.5) is 13.2 Å². The molecule has 2 aromatic rings. The van der Waals surface area contributed by atoms with E-state index in [1.165, 1.54) is 30.3 Å². The van der Waals surface area contributed by atoms with Gasteiger partial charge < -0.3 is 4.98 Å². The summed E-state index contributed by atoms with van der Waals surface area (Å²) in [6.45, 7) is 0.731. The maximum atomic E-state index is 14.0. The molecule has 0 unspecified atom stereocenters. The van der Waals surface area contributed by atoms with Gasteiger partial charge in [-0.05, 0) is 30.5 Å². The minimum absolute atomic E-state index is 0.141. The predicted octanol–water partition coefficient (Wildman–Crippen LogP) is 4.48. The van der Waals surface area contributed by atoms with Crippen molar-refractivity contribution in [3.63, 3.8) is 0 Å². The van der Waals surface area contributed by atoms with E-state index in [0.717, 1.165) is 12.8 Å². The van der Waals surface area contributed by atoms with Crippen LogP contribution in [0, 0.1) is 10.1 Å². The summed E-state index contributed by atoms with van der Waals surface area (Å²) in [5.41, 5.74) is -2.37. The minimum Gasteiger partial charge on any atom is -0.361 e. The molecule has 0 aliphatic rings. The zero-order valence-electron chi connectivity index (χ0n) is 13.3. The molecule has 0 bridgehead atoms. The Morgan fingerprint density at radius 1 is 1.12 bits per heavy atom. The van der Waals surface area contributed by atoms with Gasteiger partial charge in [0.05, 0.1) is 0 Å². The van der Waals surface area contributed by atoms with Crippen molar-refractivity contribution in [2.75, 3.05) is 6.54 Å². The predicted molar refractivity (Wildman–Crippen MR) is 84.5 cm³/mol. The maximum absolute atomic E-state index is 14.0. The molecule has 7 heteroatoms. The molecule has 0 aliphatic heterocycles. The van der Waals surface area contributed by atoms with E-state index >= 15 is 0 Å². The van der Waals surface area contributed by atoms with Crippen molar-refractivity contribution >= 4 is 0 Å². The molecule has 1 aromatic carbocycles. The molecule has 0 radical (unpaired) electrons. The SMILES string of the molecule is CCCCc1ccc([C@](C[N+](=O)[O-])(c2ccccc2)C(F)(F)F)[nH]1. The summed E-state index contributed by atoms with van der Waals surface area (Å²) in [4.78, 5) is 12.9. The zero-order valence-corrected chi connectivity index (χ0v) is 13.3. The Morgan fingerprint density at radius 3 is 2.33 bits per heavy atom. The number of nitrogens with one attached hydrogen (secondary N) is 1. The molecule has 2 rings (SSSR count). The van der Waals surface area contributed by atoms with Crippen LogP contribution >= 0.6 is 0 Å². The number of halogens is 3. The van der Waals surface area contributed by atoms with E-state index in [9.17, 15) is 23.3 Å². The second-order valence-electron chi connectivity index (χ2n) is 5.76. The first-order valence-corrected chi connectivity index (χ1v) is 7.73. The van der Waals surface area contributed by atoms with E-state index in [1.807, 2.05) is 6.92 Å². The first-order valence-electron chi connectivity index (χ1n) is 7.73. The highest BCUT2D eigenvalue weighted by molar-refractivity contribution is 5.39. The van der Waals surface area contributed by atoms with Crippen molar-refractivity contribution in [2.24, 2.45) is 0 Å². The van der Waals surface area contributed by atoms with E-state index in [-0.39, 0.29) is 11.3 Å². The summed E-state index contributed by atoms with van der Waals surface area (Å²) in [6.07, 6.45) is -2.46. The van der Waals surface area contributed by atoms with Crippen molar-refractivity contribution in [3.8, 4) is 0 Å². The number of benzene rings is 1. The molecule has 0 amide bonds. The van der Waals surface area contributed by atoms with Gasteiger partial charge in [-0.15, -0.1) is 0 Å². The smallest absolute Gasteiger partial charge is 0.361 e.